The van der Waals surface area contributed by atoms with E-state index < -0.39 is 0 Å². The van der Waals surface area contributed by atoms with E-state index in [4.69, 9.17) is 11.6 Å². The Balaban J connectivity index is 2.51. The van der Waals surface area contributed by atoms with Crippen molar-refractivity contribution in [1.29, 1.82) is 0 Å². The maximum absolute atomic E-state index is 5.92. The summed E-state index contributed by atoms with van der Waals surface area (Å²) < 4.78 is 0. The summed E-state index contributed by atoms with van der Waals surface area (Å²) in [6.07, 6.45) is 4.05. The Hall–Kier alpha value is 0.549. The van der Waals surface area contributed by atoms with Crippen molar-refractivity contribution in [2.45, 2.75) is 36.8 Å². The molecule has 0 aromatic heterocycles. The van der Waals surface area contributed by atoms with Crippen molar-refractivity contribution in [1.82, 2.24) is 0 Å². The molecular formula is C8H13ClSe. The molecule has 2 heteroatoms. The molecule has 0 nitrogen and oxygen atoms in total. The normalized spacial score (nSPS) is 25.8. The van der Waals surface area contributed by atoms with E-state index in [2.05, 4.69) is 0 Å². The molecule has 1 rings (SSSR count). The van der Waals surface area contributed by atoms with Crippen LogP contribution in [0.2, 0.25) is 10.6 Å². The third kappa shape index (κ3) is 2.65. The van der Waals surface area contributed by atoms with Crippen molar-refractivity contribution in [2.75, 3.05) is 0 Å². The van der Waals surface area contributed by atoms with Gasteiger partial charge in [0.05, 0.1) is 0 Å². The summed E-state index contributed by atoms with van der Waals surface area (Å²) in [7, 11) is 0. The second-order valence-electron chi connectivity index (χ2n) is 2.65. The third-order valence-electron chi connectivity index (χ3n) is 1.78. The standard InChI is InChI=1S/C8H13ClSe/c1-7(9)8-4-2-3-5-10-6-8/h2-6H2,1H3/b8-7+. The van der Waals surface area contributed by atoms with Crippen LogP contribution in [0.25, 0.3) is 0 Å². The van der Waals surface area contributed by atoms with Gasteiger partial charge in [0.15, 0.2) is 0 Å². The molecule has 0 saturated carbocycles. The van der Waals surface area contributed by atoms with E-state index in [-0.39, 0.29) is 0 Å². The van der Waals surface area contributed by atoms with Gasteiger partial charge in [-0.25, -0.2) is 0 Å². The number of hydrogen-bond donors (Lipinski definition) is 0. The molecule has 0 bridgehead atoms. The van der Waals surface area contributed by atoms with Crippen molar-refractivity contribution in [3.05, 3.63) is 10.6 Å². The fraction of sp³-hybridized carbons (Fsp3) is 0.750. The summed E-state index contributed by atoms with van der Waals surface area (Å²) in [4.78, 5) is 0. The van der Waals surface area contributed by atoms with Crippen LogP contribution >= 0.6 is 11.6 Å². The first kappa shape index (κ1) is 8.64. The van der Waals surface area contributed by atoms with E-state index in [9.17, 15) is 0 Å². The van der Waals surface area contributed by atoms with E-state index in [0.29, 0.717) is 0 Å². The Kier molecular flexibility index (Phi) is 3.83. The molecule has 0 spiro atoms. The molecule has 0 aromatic carbocycles. The van der Waals surface area contributed by atoms with Gasteiger partial charge < -0.3 is 0 Å². The molecular weight excluding hydrogens is 211 g/mol. The van der Waals surface area contributed by atoms with E-state index in [0.717, 1.165) is 20.0 Å². The molecule has 10 heavy (non-hydrogen) atoms. The number of hydrogen-bond acceptors (Lipinski definition) is 0. The molecule has 1 fully saturated rings. The molecule has 0 atom stereocenters. The molecule has 0 aliphatic carbocycles. The zero-order valence-corrected chi connectivity index (χ0v) is 8.79. The van der Waals surface area contributed by atoms with Crippen LogP contribution in [0, 0.1) is 0 Å². The van der Waals surface area contributed by atoms with Gasteiger partial charge in [-0.3, -0.25) is 0 Å². The fourth-order valence-corrected chi connectivity index (χ4v) is 3.86. The van der Waals surface area contributed by atoms with Gasteiger partial charge in [-0.15, -0.1) is 0 Å². The number of rotatable bonds is 0. The van der Waals surface area contributed by atoms with Crippen LogP contribution in [-0.2, 0) is 0 Å². The van der Waals surface area contributed by atoms with Crippen LogP contribution in [-0.4, -0.2) is 15.0 Å². The van der Waals surface area contributed by atoms with Crippen LogP contribution in [0.5, 0.6) is 0 Å². The second-order valence-corrected chi connectivity index (χ2v) is 5.53. The minimum atomic E-state index is 0.849. The van der Waals surface area contributed by atoms with E-state index in [1.54, 1.807) is 0 Å². The molecule has 58 valence electrons. The van der Waals surface area contributed by atoms with Crippen molar-refractivity contribution in [3.8, 4) is 0 Å². The van der Waals surface area contributed by atoms with E-state index in [1.165, 1.54) is 35.5 Å². The third-order valence-corrected chi connectivity index (χ3v) is 4.42. The van der Waals surface area contributed by atoms with Crippen molar-refractivity contribution >= 4 is 26.6 Å². The molecule has 0 radical (unpaired) electrons. The molecule has 1 aliphatic rings. The molecule has 0 amide bonds. The van der Waals surface area contributed by atoms with Crippen molar-refractivity contribution in [3.63, 3.8) is 0 Å². The van der Waals surface area contributed by atoms with E-state index in [1.807, 2.05) is 6.92 Å². The summed E-state index contributed by atoms with van der Waals surface area (Å²) >= 11 is 6.77. The summed E-state index contributed by atoms with van der Waals surface area (Å²) in [6, 6.07) is 0. The Morgan fingerprint density at radius 2 is 2.30 bits per heavy atom. The molecule has 1 aliphatic heterocycles. The molecule has 0 aromatic rings. The van der Waals surface area contributed by atoms with Gasteiger partial charge in [0.2, 0.25) is 0 Å². The predicted molar refractivity (Wildman–Crippen MR) is 47.8 cm³/mol. The average Bonchev–Trinajstić information content (AvgIpc) is 2.12. The van der Waals surface area contributed by atoms with Crippen LogP contribution in [0.1, 0.15) is 26.2 Å². The summed E-state index contributed by atoms with van der Waals surface area (Å²) in [5, 5.41) is 3.83. The van der Waals surface area contributed by atoms with Crippen LogP contribution < -0.4 is 0 Å². The Morgan fingerprint density at radius 1 is 1.50 bits per heavy atom. The Bertz CT molecular complexity index is 126. The van der Waals surface area contributed by atoms with Crippen LogP contribution in [0.15, 0.2) is 10.6 Å². The van der Waals surface area contributed by atoms with E-state index >= 15 is 0 Å². The molecule has 1 saturated heterocycles. The Labute approximate surface area is 74.2 Å². The zero-order chi connectivity index (χ0) is 7.40. The topological polar surface area (TPSA) is 0 Å². The van der Waals surface area contributed by atoms with Gasteiger partial charge in [0.25, 0.3) is 0 Å². The van der Waals surface area contributed by atoms with Crippen LogP contribution in [0.4, 0.5) is 0 Å². The average molecular weight is 224 g/mol. The van der Waals surface area contributed by atoms with Gasteiger partial charge in [-0.1, -0.05) is 0 Å². The van der Waals surface area contributed by atoms with Gasteiger partial charge in [0, 0.05) is 0 Å². The van der Waals surface area contributed by atoms with Crippen molar-refractivity contribution in [2.24, 2.45) is 0 Å². The predicted octanol–water partition coefficient (Wildman–Crippen LogP) is 3.22. The van der Waals surface area contributed by atoms with Gasteiger partial charge in [0.1, 0.15) is 0 Å². The molecule has 0 N–H and O–H groups in total. The summed E-state index contributed by atoms with van der Waals surface area (Å²) in [5.74, 6) is 0. The SMILES string of the molecule is C/C(Cl)=C1/CCCC[Se]C1. The van der Waals surface area contributed by atoms with Gasteiger partial charge in [-0.05, 0) is 0 Å². The first-order chi connectivity index (χ1) is 4.80. The first-order valence-corrected chi connectivity index (χ1v) is 6.52. The van der Waals surface area contributed by atoms with Crippen LogP contribution in [0.3, 0.4) is 0 Å². The summed E-state index contributed by atoms with van der Waals surface area (Å²) in [6.45, 7) is 2.03. The zero-order valence-electron chi connectivity index (χ0n) is 6.32. The molecule has 0 unspecified atom stereocenters. The van der Waals surface area contributed by atoms with Crippen molar-refractivity contribution < 1.29 is 0 Å². The summed E-state index contributed by atoms with van der Waals surface area (Å²) in [5.41, 5.74) is 1.53. The minimum absolute atomic E-state index is 0.849. The number of allylic oxidation sites excluding steroid dienone is 2. The Morgan fingerprint density at radius 3 is 3.00 bits per heavy atom. The first-order valence-electron chi connectivity index (χ1n) is 3.72. The quantitative estimate of drug-likeness (QED) is 0.553. The second kappa shape index (κ2) is 4.43. The molecule has 1 heterocycles. The maximum atomic E-state index is 5.92. The van der Waals surface area contributed by atoms with Gasteiger partial charge >= 0.3 is 74.0 Å². The van der Waals surface area contributed by atoms with Gasteiger partial charge in [-0.2, -0.15) is 0 Å². The monoisotopic (exact) mass is 224 g/mol. The number of halogens is 1. The fourth-order valence-electron chi connectivity index (χ4n) is 1.08.